The molecule has 0 amide bonds. The second-order valence-corrected chi connectivity index (χ2v) is 6.88. The lowest BCUT2D eigenvalue weighted by Crippen LogP contribution is -2.34. The number of epoxide rings is 1. The molecule has 0 aromatic heterocycles. The Labute approximate surface area is 139 Å². The molecular formula is C20H28O3. The molecular weight excluding hydrogens is 288 g/mol. The van der Waals surface area contributed by atoms with Crippen molar-refractivity contribution >= 4 is 5.97 Å². The fraction of sp³-hybridized carbons (Fsp3) is 0.650. The largest absolute Gasteiger partial charge is 0.463 e. The monoisotopic (exact) mass is 316 g/mol. The van der Waals surface area contributed by atoms with Crippen LogP contribution in [0.2, 0.25) is 0 Å². The number of esters is 1. The van der Waals surface area contributed by atoms with E-state index in [1.165, 1.54) is 19.3 Å². The summed E-state index contributed by atoms with van der Waals surface area (Å²) in [5, 5.41) is 0. The number of carbonyl (C=O) groups excluding carboxylic acids is 1. The summed E-state index contributed by atoms with van der Waals surface area (Å²) >= 11 is 0. The van der Waals surface area contributed by atoms with Gasteiger partial charge in [0.2, 0.25) is 0 Å². The van der Waals surface area contributed by atoms with E-state index in [1.54, 1.807) is 0 Å². The Kier molecular flexibility index (Phi) is 5.05. The van der Waals surface area contributed by atoms with Gasteiger partial charge in [-0.25, -0.2) is 4.79 Å². The van der Waals surface area contributed by atoms with Gasteiger partial charge in [-0.2, -0.15) is 0 Å². The summed E-state index contributed by atoms with van der Waals surface area (Å²) in [6.07, 6.45) is 9.50. The first-order chi connectivity index (χ1) is 11.3. The van der Waals surface area contributed by atoms with Crippen LogP contribution in [0.4, 0.5) is 0 Å². The van der Waals surface area contributed by atoms with Crippen molar-refractivity contribution in [1.82, 2.24) is 0 Å². The van der Waals surface area contributed by atoms with Crippen LogP contribution in [0, 0.1) is 0 Å². The zero-order chi connectivity index (χ0) is 16.2. The van der Waals surface area contributed by atoms with Crippen molar-refractivity contribution in [3.8, 4) is 0 Å². The highest BCUT2D eigenvalue weighted by Gasteiger charge is 2.75. The quantitative estimate of drug-likeness (QED) is 0.414. The van der Waals surface area contributed by atoms with Crippen molar-refractivity contribution in [2.45, 2.75) is 75.9 Å². The smallest absolute Gasteiger partial charge is 0.341 e. The Hall–Kier alpha value is -1.35. The van der Waals surface area contributed by atoms with Gasteiger partial charge in [0.05, 0.1) is 6.61 Å². The van der Waals surface area contributed by atoms with Crippen molar-refractivity contribution in [2.24, 2.45) is 0 Å². The lowest BCUT2D eigenvalue weighted by molar-refractivity contribution is -0.150. The molecule has 2 fully saturated rings. The predicted octanol–water partition coefficient (Wildman–Crippen LogP) is 4.74. The summed E-state index contributed by atoms with van der Waals surface area (Å²) in [7, 11) is 0. The number of unbranched alkanes of at least 4 members (excludes halogenated alkanes) is 3. The Morgan fingerprint density at radius 3 is 2.65 bits per heavy atom. The normalized spacial score (nSPS) is 29.4. The predicted molar refractivity (Wildman–Crippen MR) is 90.1 cm³/mol. The third-order valence-corrected chi connectivity index (χ3v) is 5.32. The summed E-state index contributed by atoms with van der Waals surface area (Å²) in [5.74, 6) is -0.139. The molecule has 0 radical (unpaired) electrons. The van der Waals surface area contributed by atoms with E-state index in [-0.39, 0.29) is 5.97 Å². The number of hydrogen-bond donors (Lipinski definition) is 0. The van der Waals surface area contributed by atoms with Gasteiger partial charge in [0.25, 0.3) is 0 Å². The standard InChI is InChI=1S/C20H28O3/c1-2-3-4-11-16-22-18(21)20-15-10-6-9-14-19(20,23-20)17-12-7-5-8-13-17/h5,7-8,12-13H,2-4,6,9-11,14-16H2,1H3. The minimum atomic E-state index is -0.727. The Balaban J connectivity index is 1.69. The average Bonchev–Trinajstić information content (AvgIpc) is 3.27. The molecule has 1 aliphatic heterocycles. The van der Waals surface area contributed by atoms with E-state index in [2.05, 4.69) is 19.1 Å². The highest BCUT2D eigenvalue weighted by molar-refractivity contribution is 5.85. The SMILES string of the molecule is CCCCCCOC(=O)C12CCCCCC1(c1ccccc1)O2. The van der Waals surface area contributed by atoms with Gasteiger partial charge in [0, 0.05) is 0 Å². The molecule has 23 heavy (non-hydrogen) atoms. The fourth-order valence-corrected chi connectivity index (χ4v) is 3.97. The topological polar surface area (TPSA) is 38.8 Å². The van der Waals surface area contributed by atoms with Crippen LogP contribution in [0.3, 0.4) is 0 Å². The zero-order valence-corrected chi connectivity index (χ0v) is 14.2. The maximum Gasteiger partial charge on any atom is 0.341 e. The first-order valence-corrected chi connectivity index (χ1v) is 9.18. The van der Waals surface area contributed by atoms with Crippen LogP contribution in [-0.2, 0) is 19.9 Å². The van der Waals surface area contributed by atoms with E-state index in [0.717, 1.165) is 44.1 Å². The summed E-state index contributed by atoms with van der Waals surface area (Å²) < 4.78 is 11.8. The fourth-order valence-electron chi connectivity index (χ4n) is 3.97. The highest BCUT2D eigenvalue weighted by atomic mass is 16.7. The molecule has 2 unspecified atom stereocenters. The van der Waals surface area contributed by atoms with Gasteiger partial charge in [-0.05, 0) is 31.2 Å². The van der Waals surface area contributed by atoms with Gasteiger partial charge in [-0.3, -0.25) is 0 Å². The van der Waals surface area contributed by atoms with Crippen molar-refractivity contribution in [3.63, 3.8) is 0 Å². The number of hydrogen-bond acceptors (Lipinski definition) is 3. The number of ether oxygens (including phenoxy) is 2. The summed E-state index contributed by atoms with van der Waals surface area (Å²) in [5.41, 5.74) is -0.0363. The molecule has 3 rings (SSSR count). The van der Waals surface area contributed by atoms with Crippen LogP contribution in [0.5, 0.6) is 0 Å². The van der Waals surface area contributed by atoms with E-state index in [4.69, 9.17) is 9.47 Å². The number of carbonyl (C=O) groups is 1. The van der Waals surface area contributed by atoms with Gasteiger partial charge in [-0.15, -0.1) is 0 Å². The van der Waals surface area contributed by atoms with E-state index in [9.17, 15) is 4.79 Å². The molecule has 1 aromatic carbocycles. The molecule has 1 aromatic rings. The number of benzene rings is 1. The molecule has 0 spiro atoms. The van der Waals surface area contributed by atoms with Crippen LogP contribution in [-0.4, -0.2) is 18.2 Å². The highest BCUT2D eigenvalue weighted by Crippen LogP contribution is 2.63. The second kappa shape index (κ2) is 7.04. The molecule has 1 saturated heterocycles. The van der Waals surface area contributed by atoms with Gasteiger partial charge in [0.15, 0.2) is 5.60 Å². The molecule has 3 nitrogen and oxygen atoms in total. The number of fused-ring (bicyclic) bond motifs is 1. The van der Waals surface area contributed by atoms with Crippen LogP contribution in [0.25, 0.3) is 0 Å². The molecule has 126 valence electrons. The number of rotatable bonds is 7. The van der Waals surface area contributed by atoms with Crippen LogP contribution >= 0.6 is 0 Å². The Bertz CT molecular complexity index is 527. The first kappa shape index (κ1) is 16.5. The van der Waals surface area contributed by atoms with Gasteiger partial charge < -0.3 is 9.47 Å². The van der Waals surface area contributed by atoms with Crippen LogP contribution in [0.15, 0.2) is 30.3 Å². The minimum absolute atomic E-state index is 0.139. The van der Waals surface area contributed by atoms with E-state index in [0.29, 0.717) is 6.61 Å². The zero-order valence-electron chi connectivity index (χ0n) is 14.2. The Morgan fingerprint density at radius 1 is 1.09 bits per heavy atom. The molecule has 2 atom stereocenters. The summed E-state index contributed by atoms with van der Waals surface area (Å²) in [6.45, 7) is 2.71. The summed E-state index contributed by atoms with van der Waals surface area (Å²) in [4.78, 5) is 12.8. The van der Waals surface area contributed by atoms with Gasteiger partial charge in [0.1, 0.15) is 5.60 Å². The van der Waals surface area contributed by atoms with Crippen LogP contribution in [0.1, 0.15) is 70.3 Å². The second-order valence-electron chi connectivity index (χ2n) is 6.88. The van der Waals surface area contributed by atoms with Crippen molar-refractivity contribution in [1.29, 1.82) is 0 Å². The molecule has 2 aliphatic rings. The van der Waals surface area contributed by atoms with Gasteiger partial charge >= 0.3 is 5.97 Å². The minimum Gasteiger partial charge on any atom is -0.463 e. The maximum atomic E-state index is 12.8. The summed E-state index contributed by atoms with van der Waals surface area (Å²) in [6, 6.07) is 10.2. The molecule has 3 heteroatoms. The van der Waals surface area contributed by atoms with E-state index < -0.39 is 11.2 Å². The average molecular weight is 316 g/mol. The van der Waals surface area contributed by atoms with E-state index >= 15 is 0 Å². The third-order valence-electron chi connectivity index (χ3n) is 5.32. The Morgan fingerprint density at radius 2 is 1.87 bits per heavy atom. The van der Waals surface area contributed by atoms with Crippen LogP contribution < -0.4 is 0 Å². The molecule has 1 heterocycles. The molecule has 0 N–H and O–H groups in total. The lowest BCUT2D eigenvalue weighted by atomic mass is 9.82. The first-order valence-electron chi connectivity index (χ1n) is 9.18. The molecule has 1 aliphatic carbocycles. The molecule has 0 bridgehead atoms. The van der Waals surface area contributed by atoms with Crippen molar-refractivity contribution in [3.05, 3.63) is 35.9 Å². The maximum absolute atomic E-state index is 12.8. The lowest BCUT2D eigenvalue weighted by Gasteiger charge is -2.17. The van der Waals surface area contributed by atoms with Crippen molar-refractivity contribution in [2.75, 3.05) is 6.61 Å². The van der Waals surface area contributed by atoms with E-state index in [1.807, 2.05) is 18.2 Å². The van der Waals surface area contributed by atoms with Gasteiger partial charge in [-0.1, -0.05) is 69.4 Å². The third kappa shape index (κ3) is 3.03. The van der Waals surface area contributed by atoms with Crippen molar-refractivity contribution < 1.29 is 14.3 Å². The molecule has 1 saturated carbocycles.